The number of amides is 1. The standard InChI is InChI=1S/C23H23BrClNO2S/c1-16(27)18-5-4-13-26(14-12-18)23(28)11-9-17-8-10-22(20(25)15-17)29-21-7-3-2-6-19(21)24/h2-3,6-11,15,18H,4-5,12-14H2,1H3/b11-9+. The van der Waals surface area contributed by atoms with Gasteiger partial charge in [-0.2, -0.15) is 0 Å². The number of halogens is 2. The molecule has 3 rings (SSSR count). The fraction of sp³-hybridized carbons (Fsp3) is 0.304. The van der Waals surface area contributed by atoms with Gasteiger partial charge in [0.15, 0.2) is 0 Å². The van der Waals surface area contributed by atoms with Gasteiger partial charge in [-0.25, -0.2) is 0 Å². The van der Waals surface area contributed by atoms with Crippen molar-refractivity contribution in [3.8, 4) is 0 Å². The van der Waals surface area contributed by atoms with Gasteiger partial charge in [0.05, 0.1) is 5.02 Å². The fourth-order valence-corrected chi connectivity index (χ4v) is 5.02. The summed E-state index contributed by atoms with van der Waals surface area (Å²) in [7, 11) is 0. The molecule has 1 aliphatic rings. The number of carbonyl (C=O) groups is 2. The van der Waals surface area contributed by atoms with Crippen LogP contribution in [0.5, 0.6) is 0 Å². The zero-order valence-electron chi connectivity index (χ0n) is 16.2. The van der Waals surface area contributed by atoms with Crippen molar-refractivity contribution in [3.05, 3.63) is 63.6 Å². The van der Waals surface area contributed by atoms with Gasteiger partial charge in [-0.3, -0.25) is 9.59 Å². The third-order valence-electron chi connectivity index (χ3n) is 5.05. The van der Waals surface area contributed by atoms with Gasteiger partial charge in [0.25, 0.3) is 0 Å². The minimum Gasteiger partial charge on any atom is -0.339 e. The molecule has 0 radical (unpaired) electrons. The summed E-state index contributed by atoms with van der Waals surface area (Å²) in [5, 5.41) is 0.652. The summed E-state index contributed by atoms with van der Waals surface area (Å²) >= 11 is 11.6. The second kappa shape index (κ2) is 10.5. The Morgan fingerprint density at radius 2 is 1.93 bits per heavy atom. The Hall–Kier alpha value is -1.56. The molecule has 152 valence electrons. The summed E-state index contributed by atoms with van der Waals surface area (Å²) in [4.78, 5) is 28.0. The highest BCUT2D eigenvalue weighted by Crippen LogP contribution is 2.37. The van der Waals surface area contributed by atoms with Crippen LogP contribution in [0.2, 0.25) is 5.02 Å². The molecule has 1 amide bonds. The Morgan fingerprint density at radius 1 is 1.14 bits per heavy atom. The SMILES string of the molecule is CC(=O)C1CCCN(C(=O)/C=C/c2ccc(Sc3ccccc3Br)c(Cl)c2)CC1. The van der Waals surface area contributed by atoms with Crippen LogP contribution in [0.15, 0.2) is 62.8 Å². The molecule has 0 aliphatic carbocycles. The third kappa shape index (κ3) is 6.21. The van der Waals surface area contributed by atoms with E-state index in [0.717, 1.165) is 39.1 Å². The first-order chi connectivity index (χ1) is 13.9. The van der Waals surface area contributed by atoms with Crippen LogP contribution in [0.25, 0.3) is 6.08 Å². The molecule has 6 heteroatoms. The first-order valence-electron chi connectivity index (χ1n) is 9.63. The number of hydrogen-bond donors (Lipinski definition) is 0. The predicted molar refractivity (Wildman–Crippen MR) is 123 cm³/mol. The van der Waals surface area contributed by atoms with Crippen LogP contribution in [0.3, 0.4) is 0 Å². The molecule has 0 saturated carbocycles. The van der Waals surface area contributed by atoms with Crippen molar-refractivity contribution in [1.82, 2.24) is 4.90 Å². The number of likely N-dealkylation sites (tertiary alicyclic amines) is 1. The number of benzene rings is 2. The molecule has 0 aromatic heterocycles. The first-order valence-corrected chi connectivity index (χ1v) is 11.6. The molecule has 1 fully saturated rings. The van der Waals surface area contributed by atoms with Gasteiger partial charge in [0.2, 0.25) is 5.91 Å². The highest BCUT2D eigenvalue weighted by Gasteiger charge is 2.21. The van der Waals surface area contributed by atoms with Crippen LogP contribution in [-0.2, 0) is 9.59 Å². The number of ketones is 1. The first kappa shape index (κ1) is 22.1. The molecule has 29 heavy (non-hydrogen) atoms. The van der Waals surface area contributed by atoms with Crippen molar-refractivity contribution < 1.29 is 9.59 Å². The van der Waals surface area contributed by atoms with E-state index >= 15 is 0 Å². The van der Waals surface area contributed by atoms with Gasteiger partial charge >= 0.3 is 0 Å². The van der Waals surface area contributed by atoms with Crippen molar-refractivity contribution in [3.63, 3.8) is 0 Å². The maximum absolute atomic E-state index is 12.5. The van der Waals surface area contributed by atoms with Gasteiger partial charge in [-0.05, 0) is 78.0 Å². The smallest absolute Gasteiger partial charge is 0.246 e. The van der Waals surface area contributed by atoms with Crippen molar-refractivity contribution in [2.24, 2.45) is 5.92 Å². The minimum absolute atomic E-state index is 0.0167. The van der Waals surface area contributed by atoms with Crippen molar-refractivity contribution in [2.75, 3.05) is 13.1 Å². The average Bonchev–Trinajstić information content (AvgIpc) is 2.96. The highest BCUT2D eigenvalue weighted by atomic mass is 79.9. The molecule has 2 aromatic rings. The molecular formula is C23H23BrClNO2S. The second-order valence-electron chi connectivity index (χ2n) is 7.12. The number of hydrogen-bond acceptors (Lipinski definition) is 3. The molecule has 1 unspecified atom stereocenters. The monoisotopic (exact) mass is 491 g/mol. The molecule has 3 nitrogen and oxygen atoms in total. The number of nitrogens with zero attached hydrogens (tertiary/aromatic N) is 1. The third-order valence-corrected chi connectivity index (χ3v) is 7.58. The van der Waals surface area contributed by atoms with E-state index in [9.17, 15) is 9.59 Å². The Bertz CT molecular complexity index is 931. The number of rotatable bonds is 5. The zero-order valence-corrected chi connectivity index (χ0v) is 19.4. The molecule has 1 saturated heterocycles. The van der Waals surface area contributed by atoms with Crippen LogP contribution in [0.1, 0.15) is 31.7 Å². The summed E-state index contributed by atoms with van der Waals surface area (Å²) in [6, 6.07) is 13.8. The molecule has 2 aromatic carbocycles. The normalized spacial score (nSPS) is 17.3. The minimum atomic E-state index is -0.0167. The van der Waals surface area contributed by atoms with Crippen LogP contribution in [-0.4, -0.2) is 29.7 Å². The van der Waals surface area contributed by atoms with E-state index < -0.39 is 0 Å². The molecule has 1 aliphatic heterocycles. The lowest BCUT2D eigenvalue weighted by molar-refractivity contribution is -0.126. The molecule has 0 bridgehead atoms. The van der Waals surface area contributed by atoms with E-state index in [2.05, 4.69) is 15.9 Å². The van der Waals surface area contributed by atoms with Gasteiger partial charge in [0, 0.05) is 39.3 Å². The average molecular weight is 493 g/mol. The summed E-state index contributed by atoms with van der Waals surface area (Å²) in [5.74, 6) is 0.298. The Labute approximate surface area is 189 Å². The topological polar surface area (TPSA) is 37.4 Å². The van der Waals surface area contributed by atoms with E-state index in [-0.39, 0.29) is 17.6 Å². The predicted octanol–water partition coefficient (Wildman–Crippen LogP) is 6.48. The molecule has 0 N–H and O–H groups in total. The fourth-order valence-electron chi connectivity index (χ4n) is 3.35. The lowest BCUT2D eigenvalue weighted by Crippen LogP contribution is -2.30. The Morgan fingerprint density at radius 3 is 2.66 bits per heavy atom. The lowest BCUT2D eigenvalue weighted by Gasteiger charge is -2.18. The molecule has 1 heterocycles. The quantitative estimate of drug-likeness (QED) is 0.448. The molecular weight excluding hydrogens is 470 g/mol. The Balaban J connectivity index is 1.63. The lowest BCUT2D eigenvalue weighted by atomic mass is 9.97. The van der Waals surface area contributed by atoms with Crippen LogP contribution < -0.4 is 0 Å². The van der Waals surface area contributed by atoms with Gasteiger partial charge in [-0.1, -0.05) is 41.6 Å². The number of Topliss-reactive ketones (excluding diaryl/α,β-unsaturated/α-hetero) is 1. The molecule has 0 spiro atoms. The van der Waals surface area contributed by atoms with E-state index in [1.54, 1.807) is 30.8 Å². The van der Waals surface area contributed by atoms with Gasteiger partial charge in [0.1, 0.15) is 5.78 Å². The van der Waals surface area contributed by atoms with Gasteiger partial charge < -0.3 is 4.90 Å². The van der Waals surface area contributed by atoms with Crippen LogP contribution >= 0.6 is 39.3 Å². The van der Waals surface area contributed by atoms with Crippen LogP contribution in [0.4, 0.5) is 0 Å². The van der Waals surface area contributed by atoms with Gasteiger partial charge in [-0.15, -0.1) is 0 Å². The second-order valence-corrected chi connectivity index (χ2v) is 9.46. The van der Waals surface area contributed by atoms with Crippen molar-refractivity contribution >= 4 is 57.1 Å². The summed E-state index contributed by atoms with van der Waals surface area (Å²) in [5.41, 5.74) is 0.885. The van der Waals surface area contributed by atoms with Crippen LogP contribution in [0, 0.1) is 5.92 Å². The van der Waals surface area contributed by atoms with E-state index in [1.165, 1.54) is 0 Å². The maximum Gasteiger partial charge on any atom is 0.246 e. The zero-order chi connectivity index (χ0) is 20.8. The largest absolute Gasteiger partial charge is 0.339 e. The van der Waals surface area contributed by atoms with E-state index in [4.69, 9.17) is 11.6 Å². The van der Waals surface area contributed by atoms with E-state index in [0.29, 0.717) is 18.1 Å². The van der Waals surface area contributed by atoms with Crippen molar-refractivity contribution in [1.29, 1.82) is 0 Å². The summed E-state index contributed by atoms with van der Waals surface area (Å²) in [6.07, 6.45) is 5.89. The van der Waals surface area contributed by atoms with E-state index in [1.807, 2.05) is 47.4 Å². The maximum atomic E-state index is 12.5. The Kier molecular flexibility index (Phi) is 7.99. The van der Waals surface area contributed by atoms with Crippen molar-refractivity contribution in [2.45, 2.75) is 36.0 Å². The highest BCUT2D eigenvalue weighted by molar-refractivity contribution is 9.10. The molecule has 1 atom stereocenters. The summed E-state index contributed by atoms with van der Waals surface area (Å²) < 4.78 is 1.03. The summed E-state index contributed by atoms with van der Waals surface area (Å²) in [6.45, 7) is 2.98. The number of carbonyl (C=O) groups excluding carboxylic acids is 2.